The molecular weight excluding hydrogens is 902 g/mol. The quantitative estimate of drug-likeness (QED) is 0.0510. The van der Waals surface area contributed by atoms with Gasteiger partial charge in [0, 0.05) is 0 Å². The normalized spacial score (nSPS) is 13.0. The minimum absolute atomic E-state index is 0.0948. The Kier molecular flexibility index (Phi) is 27.3. The van der Waals surface area contributed by atoms with Crippen LogP contribution in [0, 0.1) is 0 Å². The predicted octanol–water partition coefficient (Wildman–Crippen LogP) is 12.6. The summed E-state index contributed by atoms with van der Waals surface area (Å²) in [4.78, 5) is 0.734. The van der Waals surface area contributed by atoms with Gasteiger partial charge in [0.05, 0.1) is 0 Å². The molecule has 0 amide bonds. The number of unbranched alkanes of at least 4 members (excludes halogenated alkanes) is 12. The van der Waals surface area contributed by atoms with Crippen molar-refractivity contribution in [1.29, 1.82) is 0 Å². The van der Waals surface area contributed by atoms with Crippen molar-refractivity contribution in [1.82, 2.24) is 0 Å². The van der Waals surface area contributed by atoms with Crippen molar-refractivity contribution in [3.63, 3.8) is 0 Å². The van der Waals surface area contributed by atoms with Crippen LogP contribution in [0.25, 0.3) is 0 Å². The molecule has 0 saturated carbocycles. The van der Waals surface area contributed by atoms with E-state index in [4.69, 9.17) is 0 Å². The van der Waals surface area contributed by atoms with E-state index in [0.717, 1.165) is 82.8 Å². The third kappa shape index (κ3) is 17.9. The van der Waals surface area contributed by atoms with Gasteiger partial charge in [-0.2, -0.15) is 0 Å². The zero-order chi connectivity index (χ0) is 38.2. The number of sulfone groups is 2. The number of hydrogen-bond acceptors (Lipinski definition) is 5. The van der Waals surface area contributed by atoms with Crippen LogP contribution in [0.4, 0.5) is 0 Å². The topological polar surface area (TPSA) is 68.3 Å². The van der Waals surface area contributed by atoms with Crippen molar-refractivity contribution in [2.24, 2.45) is 0 Å². The Morgan fingerprint density at radius 1 is 0.392 bits per heavy atom. The van der Waals surface area contributed by atoms with Crippen molar-refractivity contribution in [3.8, 4) is 0 Å². The number of rotatable bonds is 34. The monoisotopic (exact) mass is 984 g/mol. The van der Waals surface area contributed by atoms with E-state index in [9.17, 15) is 16.8 Å². The molecule has 0 aromatic carbocycles. The molecule has 1 rings (SSSR count). The van der Waals surface area contributed by atoms with Gasteiger partial charge in [-0.15, -0.1) is 0 Å². The molecule has 0 aliphatic rings. The first-order valence-corrected chi connectivity index (χ1v) is 31.4. The first-order chi connectivity index (χ1) is 24.4. The van der Waals surface area contributed by atoms with Gasteiger partial charge in [0.25, 0.3) is 0 Å². The molecule has 0 saturated heterocycles. The maximum atomic E-state index is 14.9. The molecule has 298 valence electrons. The Morgan fingerprint density at radius 2 is 0.647 bits per heavy atom. The molecule has 0 atom stereocenters. The van der Waals surface area contributed by atoms with Gasteiger partial charge < -0.3 is 0 Å². The molecule has 0 N–H and O–H groups in total. The van der Waals surface area contributed by atoms with E-state index in [1.807, 2.05) is 0 Å². The summed E-state index contributed by atoms with van der Waals surface area (Å²) in [7, 11) is -7.48. The van der Waals surface area contributed by atoms with Crippen LogP contribution < -0.4 is 5.79 Å². The zero-order valence-electron chi connectivity index (χ0n) is 34.7. The van der Waals surface area contributed by atoms with E-state index in [1.165, 1.54) is 77.0 Å². The van der Waals surface area contributed by atoms with E-state index in [0.29, 0.717) is 22.6 Å². The molecule has 0 fully saturated rings. The van der Waals surface area contributed by atoms with E-state index in [2.05, 4.69) is 55.4 Å². The van der Waals surface area contributed by atoms with E-state index in [1.54, 1.807) is 11.3 Å². The van der Waals surface area contributed by atoms with Crippen molar-refractivity contribution < 1.29 is 16.8 Å². The molecule has 0 aliphatic carbocycles. The van der Waals surface area contributed by atoms with Crippen LogP contribution in [0.2, 0.25) is 6.86 Å². The van der Waals surface area contributed by atoms with Gasteiger partial charge in [0.1, 0.15) is 0 Å². The second-order valence-electron chi connectivity index (χ2n) is 15.6. The van der Waals surface area contributed by atoms with Gasteiger partial charge in [-0.3, -0.25) is 0 Å². The average Bonchev–Trinajstić information content (AvgIpc) is 3.48. The van der Waals surface area contributed by atoms with Gasteiger partial charge in [0.2, 0.25) is 0 Å². The third-order valence-electron chi connectivity index (χ3n) is 10.8. The second kappa shape index (κ2) is 27.7. The average molecular weight is 983 g/mol. The molecule has 0 unspecified atom stereocenters. The van der Waals surface area contributed by atoms with Gasteiger partial charge >= 0.3 is 346 Å². The molecule has 51 heavy (non-hydrogen) atoms. The van der Waals surface area contributed by atoms with Crippen LogP contribution in [-0.2, 0) is 19.7 Å². The van der Waals surface area contributed by atoms with E-state index < -0.39 is 62.0 Å². The second-order valence-corrected chi connectivity index (χ2v) is 33.1. The number of thiophene rings is 1. The summed E-state index contributed by atoms with van der Waals surface area (Å²) in [5.74, 6) is 0.190. The molecule has 0 spiro atoms. The van der Waals surface area contributed by atoms with Crippen LogP contribution in [0.15, 0.2) is 9.79 Å². The molecule has 0 aliphatic heterocycles. The molecule has 9 heteroatoms. The molecular formula is C42H80O4S3Sn2. The van der Waals surface area contributed by atoms with Gasteiger partial charge in [-0.1, -0.05) is 0 Å². The molecule has 0 bridgehead atoms. The summed E-state index contributed by atoms with van der Waals surface area (Å²) >= 11 is -1.22. The van der Waals surface area contributed by atoms with Crippen molar-refractivity contribution >= 4 is 79.1 Å². The predicted molar refractivity (Wildman–Crippen MR) is 230 cm³/mol. The molecule has 4 nitrogen and oxygen atoms in total. The summed E-state index contributed by atoms with van der Waals surface area (Å²) in [6, 6.07) is 0. The Morgan fingerprint density at radius 3 is 0.882 bits per heavy atom. The zero-order valence-corrected chi connectivity index (χ0v) is 42.8. The Balaban J connectivity index is 4.26. The molecule has 1 heterocycles. The summed E-state index contributed by atoms with van der Waals surface area (Å²) in [6.45, 7) is 18.0. The first-order valence-electron chi connectivity index (χ1n) is 21.6. The van der Waals surface area contributed by atoms with Crippen LogP contribution in [-0.4, -0.2) is 70.6 Å². The summed E-state index contributed by atoms with van der Waals surface area (Å²) in [5, 5.41) is 0. The summed E-state index contributed by atoms with van der Waals surface area (Å²) in [5.41, 5.74) is 0. The fourth-order valence-electron chi connectivity index (χ4n) is 7.47. The standard InChI is InChI=1S/C16H26O4S3.2C13H27.2Sn/c1-3-5-7-9-11-22(17,18)15-13-21-14-16(15)23(19,20)12-10-8-6-4-2;2*1-4-7-10-13(11-8-5-2)12-9-6-3;;/h3-12H2,1-2H3;2*4-12H2,1-3H3;;. The fourth-order valence-corrected chi connectivity index (χ4v) is 34.1. The van der Waals surface area contributed by atoms with Crippen LogP contribution >= 0.6 is 11.3 Å². The molecule has 1 aromatic rings. The first kappa shape index (κ1) is 50.2. The summed E-state index contributed by atoms with van der Waals surface area (Å²) < 4.78 is 62.1. The fraction of sp³-hybridized carbons (Fsp3) is 0.905. The van der Waals surface area contributed by atoms with Crippen LogP contribution in [0.3, 0.4) is 0 Å². The van der Waals surface area contributed by atoms with Gasteiger partial charge in [-0.25, -0.2) is 0 Å². The van der Waals surface area contributed by atoms with Crippen molar-refractivity contribution in [2.45, 2.75) is 239 Å². The third-order valence-corrected chi connectivity index (χ3v) is 29.9. The van der Waals surface area contributed by atoms with Crippen molar-refractivity contribution in [2.75, 3.05) is 11.5 Å². The Hall–Kier alpha value is 1.20. The van der Waals surface area contributed by atoms with E-state index >= 15 is 0 Å². The van der Waals surface area contributed by atoms with E-state index in [-0.39, 0.29) is 18.4 Å². The SMILES string of the molecule is CCCCCCS(=O)(=O)c1[c]([Sn][C](CCCC)(CCCC)CCCC)s[c]([Sn][C](CCCC)(CCCC)CCCC)c1S(=O)(=O)CCCCCC. The van der Waals surface area contributed by atoms with Crippen LogP contribution in [0.1, 0.15) is 222 Å². The minimum atomic E-state index is -3.74. The van der Waals surface area contributed by atoms with Gasteiger partial charge in [-0.05, 0) is 0 Å². The van der Waals surface area contributed by atoms with Crippen LogP contribution in [0.5, 0.6) is 0 Å². The number of hydrogen-bond donors (Lipinski definition) is 0. The Labute approximate surface area is 343 Å². The van der Waals surface area contributed by atoms with Crippen molar-refractivity contribution in [3.05, 3.63) is 0 Å². The maximum absolute atomic E-state index is 14.9. The molecule has 4 radical (unpaired) electrons. The molecule has 1 aromatic heterocycles. The summed E-state index contributed by atoms with van der Waals surface area (Å²) in [6.07, 6.45) is 28.2. The Bertz CT molecular complexity index is 1120. The van der Waals surface area contributed by atoms with Gasteiger partial charge in [0.15, 0.2) is 0 Å².